The zero-order valence-electron chi connectivity index (χ0n) is 19.5. The average Bonchev–Trinajstić information content (AvgIpc) is 3.67. The van der Waals surface area contributed by atoms with E-state index in [1.807, 2.05) is 59.3 Å². The van der Waals surface area contributed by atoms with Crippen molar-refractivity contribution < 1.29 is 23.8 Å². The van der Waals surface area contributed by atoms with E-state index in [4.69, 9.17) is 9.15 Å². The first-order chi connectivity index (χ1) is 17.6. The number of aliphatic hydroxyl groups is 1. The number of ether oxygens (including phenoxy) is 1. The molecule has 0 radical (unpaired) electrons. The van der Waals surface area contributed by atoms with Crippen LogP contribution in [0.2, 0.25) is 0 Å². The Morgan fingerprint density at radius 1 is 1.06 bits per heavy atom. The quantitative estimate of drug-likeness (QED) is 0.328. The van der Waals surface area contributed by atoms with Gasteiger partial charge in [-0.1, -0.05) is 42.5 Å². The molecule has 182 valence electrons. The van der Waals surface area contributed by atoms with Gasteiger partial charge in [-0.3, -0.25) is 9.59 Å². The number of imidazole rings is 1. The second-order valence-corrected chi connectivity index (χ2v) is 8.47. The SMILES string of the molecule is O=C(C1=C(O)C(=O)N(CCCn2ccnc2)C1c1cccc(OCc2ccccc2)c1)c1ccco1. The minimum absolute atomic E-state index is 0.00205. The molecule has 4 aromatic rings. The van der Waals surface area contributed by atoms with Gasteiger partial charge in [0.15, 0.2) is 11.5 Å². The van der Waals surface area contributed by atoms with Gasteiger partial charge in [0.2, 0.25) is 5.78 Å². The fraction of sp³-hybridized carbons (Fsp3) is 0.179. The molecule has 1 aliphatic rings. The number of furan rings is 1. The second kappa shape index (κ2) is 10.4. The zero-order valence-corrected chi connectivity index (χ0v) is 19.5. The van der Waals surface area contributed by atoms with Gasteiger partial charge >= 0.3 is 0 Å². The number of ketones is 1. The van der Waals surface area contributed by atoms with Crippen molar-refractivity contribution in [2.24, 2.45) is 0 Å². The molecular formula is C28H25N3O5. The maximum atomic E-state index is 13.3. The molecule has 0 fully saturated rings. The van der Waals surface area contributed by atoms with Crippen LogP contribution in [0.1, 0.15) is 34.1 Å². The number of carbonyl (C=O) groups excluding carboxylic acids is 2. The Hall–Kier alpha value is -4.59. The van der Waals surface area contributed by atoms with Gasteiger partial charge in [-0.2, -0.15) is 0 Å². The van der Waals surface area contributed by atoms with Crippen LogP contribution in [0.15, 0.2) is 107 Å². The predicted octanol–water partition coefficient (Wildman–Crippen LogP) is 4.72. The van der Waals surface area contributed by atoms with E-state index in [1.165, 1.54) is 17.2 Å². The Morgan fingerprint density at radius 3 is 2.67 bits per heavy atom. The maximum Gasteiger partial charge on any atom is 0.290 e. The average molecular weight is 484 g/mol. The molecule has 1 atom stereocenters. The standard InChI is InChI=1S/C28H25N3O5/c32-26(23-11-5-16-35-23)24-25(31(28(34)27(24)33)14-6-13-30-15-12-29-19-30)21-9-4-10-22(17-21)36-18-20-7-2-1-3-8-20/h1-5,7-12,15-17,19,25,33H,6,13-14,18H2. The number of hydrogen-bond acceptors (Lipinski definition) is 6. The topological polar surface area (TPSA) is 97.8 Å². The minimum Gasteiger partial charge on any atom is -0.503 e. The van der Waals surface area contributed by atoms with Crippen molar-refractivity contribution in [2.75, 3.05) is 6.54 Å². The van der Waals surface area contributed by atoms with Gasteiger partial charge in [0.05, 0.1) is 24.2 Å². The van der Waals surface area contributed by atoms with Gasteiger partial charge in [0.1, 0.15) is 12.4 Å². The fourth-order valence-electron chi connectivity index (χ4n) is 4.36. The number of benzene rings is 2. The van der Waals surface area contributed by atoms with Gasteiger partial charge in [-0.15, -0.1) is 0 Å². The molecule has 36 heavy (non-hydrogen) atoms. The summed E-state index contributed by atoms with van der Waals surface area (Å²) in [5, 5.41) is 10.8. The second-order valence-electron chi connectivity index (χ2n) is 8.47. The Morgan fingerprint density at radius 2 is 1.92 bits per heavy atom. The van der Waals surface area contributed by atoms with Crippen LogP contribution in [0, 0.1) is 0 Å². The monoisotopic (exact) mass is 483 g/mol. The fourth-order valence-corrected chi connectivity index (χ4v) is 4.36. The van der Waals surface area contributed by atoms with Crippen LogP contribution >= 0.6 is 0 Å². The van der Waals surface area contributed by atoms with Crippen molar-refractivity contribution in [3.8, 4) is 5.75 Å². The van der Waals surface area contributed by atoms with E-state index in [0.29, 0.717) is 37.4 Å². The van der Waals surface area contributed by atoms with Crippen LogP contribution in [-0.2, 0) is 17.9 Å². The minimum atomic E-state index is -0.779. The molecule has 0 spiro atoms. The molecule has 3 heterocycles. The number of aliphatic hydroxyl groups excluding tert-OH is 1. The number of nitrogens with zero attached hydrogens (tertiary/aromatic N) is 3. The molecule has 0 aliphatic carbocycles. The molecule has 1 N–H and O–H groups in total. The molecule has 1 aliphatic heterocycles. The lowest BCUT2D eigenvalue weighted by Crippen LogP contribution is -2.32. The van der Waals surface area contributed by atoms with E-state index in [-0.39, 0.29) is 11.3 Å². The predicted molar refractivity (Wildman–Crippen MR) is 131 cm³/mol. The van der Waals surface area contributed by atoms with Crippen molar-refractivity contribution in [1.82, 2.24) is 14.5 Å². The third-order valence-electron chi connectivity index (χ3n) is 6.09. The van der Waals surface area contributed by atoms with E-state index in [0.717, 1.165) is 5.56 Å². The van der Waals surface area contributed by atoms with E-state index in [9.17, 15) is 14.7 Å². The molecule has 2 aromatic heterocycles. The lowest BCUT2D eigenvalue weighted by molar-refractivity contribution is -0.129. The molecule has 8 heteroatoms. The van der Waals surface area contributed by atoms with E-state index in [1.54, 1.807) is 24.7 Å². The first kappa shape index (κ1) is 23.2. The van der Waals surface area contributed by atoms with Crippen LogP contribution in [-0.4, -0.2) is 37.8 Å². The lowest BCUT2D eigenvalue weighted by Gasteiger charge is -2.27. The highest BCUT2D eigenvalue weighted by Gasteiger charge is 2.44. The summed E-state index contributed by atoms with van der Waals surface area (Å²) in [7, 11) is 0. The summed E-state index contributed by atoms with van der Waals surface area (Å²) in [4.78, 5) is 32.0. The molecule has 8 nitrogen and oxygen atoms in total. The van der Waals surface area contributed by atoms with Crippen LogP contribution in [0.25, 0.3) is 0 Å². The first-order valence-electron chi connectivity index (χ1n) is 11.7. The number of aryl methyl sites for hydroxylation is 1. The summed E-state index contributed by atoms with van der Waals surface area (Å²) in [5.74, 6) is -1.01. The summed E-state index contributed by atoms with van der Waals surface area (Å²) in [6, 6.07) is 19.4. The number of amides is 1. The van der Waals surface area contributed by atoms with Crippen LogP contribution in [0.5, 0.6) is 5.75 Å². The Bertz CT molecular complexity index is 1360. The summed E-state index contributed by atoms with van der Waals surface area (Å²) in [6.07, 6.45) is 7.24. The van der Waals surface area contributed by atoms with Gasteiger partial charge in [-0.25, -0.2) is 4.98 Å². The van der Waals surface area contributed by atoms with Crippen molar-refractivity contribution in [3.63, 3.8) is 0 Å². The Labute approximate surface area is 208 Å². The van der Waals surface area contributed by atoms with Crippen molar-refractivity contribution in [1.29, 1.82) is 0 Å². The molecule has 5 rings (SSSR count). The normalized spacial score (nSPS) is 15.5. The number of rotatable bonds is 10. The van der Waals surface area contributed by atoms with Crippen molar-refractivity contribution in [2.45, 2.75) is 25.6 Å². The molecule has 1 unspecified atom stereocenters. The van der Waals surface area contributed by atoms with Crippen molar-refractivity contribution >= 4 is 11.7 Å². The van der Waals surface area contributed by atoms with Crippen LogP contribution in [0.4, 0.5) is 0 Å². The molecule has 0 bridgehead atoms. The van der Waals surface area contributed by atoms with Gasteiger partial charge in [0.25, 0.3) is 5.91 Å². The number of aromatic nitrogens is 2. The van der Waals surface area contributed by atoms with Crippen LogP contribution in [0.3, 0.4) is 0 Å². The van der Waals surface area contributed by atoms with Gasteiger partial charge in [-0.05, 0) is 41.8 Å². The summed E-state index contributed by atoms with van der Waals surface area (Å²) in [5.41, 5.74) is 1.68. The molecule has 0 saturated heterocycles. The van der Waals surface area contributed by atoms with E-state index in [2.05, 4.69) is 4.98 Å². The van der Waals surface area contributed by atoms with Gasteiger partial charge < -0.3 is 23.7 Å². The van der Waals surface area contributed by atoms with Crippen molar-refractivity contribution in [3.05, 3.63) is 120 Å². The highest BCUT2D eigenvalue weighted by atomic mass is 16.5. The lowest BCUT2D eigenvalue weighted by atomic mass is 9.95. The molecular weight excluding hydrogens is 458 g/mol. The highest BCUT2D eigenvalue weighted by molar-refractivity contribution is 6.15. The molecule has 0 saturated carbocycles. The first-order valence-corrected chi connectivity index (χ1v) is 11.7. The summed E-state index contributed by atoms with van der Waals surface area (Å²) >= 11 is 0. The maximum absolute atomic E-state index is 13.3. The number of hydrogen-bond donors (Lipinski definition) is 1. The third-order valence-corrected chi connectivity index (χ3v) is 6.09. The number of Topliss-reactive ketones (excluding diaryl/α,β-unsaturated/α-hetero) is 1. The third kappa shape index (κ3) is 4.79. The van der Waals surface area contributed by atoms with E-state index >= 15 is 0 Å². The number of carbonyl (C=O) groups is 2. The summed E-state index contributed by atoms with van der Waals surface area (Å²) < 4.78 is 13.2. The molecule has 1 amide bonds. The largest absolute Gasteiger partial charge is 0.503 e. The van der Waals surface area contributed by atoms with E-state index < -0.39 is 23.5 Å². The Kier molecular flexibility index (Phi) is 6.66. The Balaban J connectivity index is 1.43. The van der Waals surface area contributed by atoms with Gasteiger partial charge in [0, 0.05) is 25.5 Å². The van der Waals surface area contributed by atoms with Crippen LogP contribution < -0.4 is 4.74 Å². The summed E-state index contributed by atoms with van der Waals surface area (Å²) in [6.45, 7) is 1.34. The smallest absolute Gasteiger partial charge is 0.290 e. The molecule has 2 aromatic carbocycles. The highest BCUT2D eigenvalue weighted by Crippen LogP contribution is 2.40. The zero-order chi connectivity index (χ0) is 24.9.